The fraction of sp³-hybridized carbons (Fsp3) is 0.941. The molecule has 4 heteroatoms. The molecule has 2 atom stereocenters. The Bertz CT molecular complexity index is 355. The molecule has 0 aliphatic heterocycles. The highest BCUT2D eigenvalue weighted by atomic mass is 16.1. The third-order valence-corrected chi connectivity index (χ3v) is 5.95. The van der Waals surface area contributed by atoms with Crippen LogP contribution in [0.15, 0.2) is 0 Å². The van der Waals surface area contributed by atoms with Crippen molar-refractivity contribution in [2.75, 3.05) is 19.6 Å². The zero-order valence-electron chi connectivity index (χ0n) is 13.4. The van der Waals surface area contributed by atoms with Crippen LogP contribution in [0.1, 0.15) is 51.9 Å². The van der Waals surface area contributed by atoms with Crippen LogP contribution in [0.4, 0.5) is 0 Å². The van der Waals surface area contributed by atoms with Crippen LogP contribution in [0.25, 0.3) is 0 Å². The summed E-state index contributed by atoms with van der Waals surface area (Å²) in [6.45, 7) is 5.12. The maximum atomic E-state index is 12.4. The van der Waals surface area contributed by atoms with Gasteiger partial charge in [0.05, 0.1) is 0 Å². The average molecular weight is 293 g/mol. The largest absolute Gasteiger partial charge is 0.355 e. The Balaban J connectivity index is 1.43. The van der Waals surface area contributed by atoms with Crippen LogP contribution in [0.3, 0.4) is 0 Å². The van der Waals surface area contributed by atoms with Crippen molar-refractivity contribution in [3.05, 3.63) is 0 Å². The number of hydrogen-bond acceptors (Lipinski definition) is 3. The van der Waals surface area contributed by atoms with E-state index in [2.05, 4.69) is 17.1 Å². The van der Waals surface area contributed by atoms with E-state index in [1.54, 1.807) is 0 Å². The third-order valence-electron chi connectivity index (χ3n) is 5.95. The number of carbonyl (C=O) groups is 1. The lowest BCUT2D eigenvalue weighted by Crippen LogP contribution is -2.49. The molecule has 3 aliphatic carbocycles. The van der Waals surface area contributed by atoms with Gasteiger partial charge in [0.2, 0.25) is 5.91 Å². The first-order chi connectivity index (χ1) is 10.2. The number of nitrogens with one attached hydrogen (secondary N) is 1. The van der Waals surface area contributed by atoms with Crippen LogP contribution in [0, 0.1) is 17.8 Å². The molecule has 0 radical (unpaired) electrons. The molecule has 3 aliphatic rings. The molecule has 3 fully saturated rings. The summed E-state index contributed by atoms with van der Waals surface area (Å²) in [7, 11) is 0. The van der Waals surface area contributed by atoms with Crippen molar-refractivity contribution in [3.63, 3.8) is 0 Å². The summed E-state index contributed by atoms with van der Waals surface area (Å²) < 4.78 is 0. The molecule has 3 rings (SSSR count). The van der Waals surface area contributed by atoms with E-state index in [4.69, 9.17) is 5.73 Å². The van der Waals surface area contributed by atoms with Crippen molar-refractivity contribution in [2.45, 2.75) is 64.0 Å². The van der Waals surface area contributed by atoms with Crippen molar-refractivity contribution in [2.24, 2.45) is 23.5 Å². The predicted octanol–water partition coefficient (Wildman–Crippen LogP) is 1.74. The highest BCUT2D eigenvalue weighted by molar-refractivity contribution is 5.78. The molecule has 0 aromatic heterocycles. The van der Waals surface area contributed by atoms with Gasteiger partial charge in [0.15, 0.2) is 0 Å². The summed E-state index contributed by atoms with van der Waals surface area (Å²) in [6, 6.07) is 1.15. The Kier molecular flexibility index (Phi) is 4.85. The molecule has 21 heavy (non-hydrogen) atoms. The van der Waals surface area contributed by atoms with Crippen LogP contribution in [0.2, 0.25) is 0 Å². The second kappa shape index (κ2) is 6.66. The minimum atomic E-state index is 0.219. The predicted molar refractivity (Wildman–Crippen MR) is 84.8 cm³/mol. The Labute approximate surface area is 128 Å². The fourth-order valence-corrected chi connectivity index (χ4v) is 4.51. The van der Waals surface area contributed by atoms with Crippen molar-refractivity contribution in [3.8, 4) is 0 Å². The van der Waals surface area contributed by atoms with Gasteiger partial charge in [-0.3, -0.25) is 9.69 Å². The minimum Gasteiger partial charge on any atom is -0.355 e. The lowest BCUT2D eigenvalue weighted by atomic mass is 9.65. The molecular formula is C17H31N3O. The van der Waals surface area contributed by atoms with Gasteiger partial charge in [-0.15, -0.1) is 0 Å². The third kappa shape index (κ3) is 3.59. The number of carbonyl (C=O) groups excluding carboxylic acids is 1. The monoisotopic (exact) mass is 293 g/mol. The molecule has 2 bridgehead atoms. The number of nitrogens with two attached hydrogens (primary N) is 1. The summed E-state index contributed by atoms with van der Waals surface area (Å²) >= 11 is 0. The molecule has 2 unspecified atom stereocenters. The molecule has 3 N–H and O–H groups in total. The van der Waals surface area contributed by atoms with E-state index in [0.29, 0.717) is 17.9 Å². The molecule has 0 aromatic carbocycles. The summed E-state index contributed by atoms with van der Waals surface area (Å²) in [5.74, 6) is 1.68. The van der Waals surface area contributed by atoms with Gasteiger partial charge in [0, 0.05) is 31.1 Å². The molecular weight excluding hydrogens is 262 g/mol. The van der Waals surface area contributed by atoms with Crippen molar-refractivity contribution >= 4 is 5.91 Å². The normalized spacial score (nSPS) is 35.8. The quantitative estimate of drug-likeness (QED) is 0.784. The van der Waals surface area contributed by atoms with Crippen molar-refractivity contribution in [1.29, 1.82) is 0 Å². The first-order valence-electron chi connectivity index (χ1n) is 8.96. The number of hydrogen-bond donors (Lipinski definition) is 2. The molecule has 0 aromatic rings. The molecule has 0 spiro atoms. The Morgan fingerprint density at radius 1 is 1.19 bits per heavy atom. The van der Waals surface area contributed by atoms with Crippen LogP contribution < -0.4 is 11.1 Å². The molecule has 0 saturated heterocycles. The standard InChI is InChI=1S/C17H31N3O/c1-2-20(15-6-7-15)9-8-19-17(21)14-10-12-4-3-5-13(11-14)16(12)18/h12-16H,2-11,18H2,1H3,(H,19,21). The van der Waals surface area contributed by atoms with Crippen LogP contribution >= 0.6 is 0 Å². The van der Waals surface area contributed by atoms with Gasteiger partial charge in [0.1, 0.15) is 0 Å². The Morgan fingerprint density at radius 3 is 2.43 bits per heavy atom. The summed E-state index contributed by atoms with van der Waals surface area (Å²) in [6.07, 6.45) is 8.48. The maximum Gasteiger partial charge on any atom is 0.223 e. The van der Waals surface area contributed by atoms with E-state index < -0.39 is 0 Å². The second-order valence-corrected chi connectivity index (χ2v) is 7.35. The fourth-order valence-electron chi connectivity index (χ4n) is 4.51. The van der Waals surface area contributed by atoms with Crippen molar-refractivity contribution < 1.29 is 4.79 Å². The minimum absolute atomic E-state index is 0.219. The van der Waals surface area contributed by atoms with E-state index in [1.807, 2.05) is 0 Å². The summed E-state index contributed by atoms with van der Waals surface area (Å²) in [5.41, 5.74) is 6.31. The van der Waals surface area contributed by atoms with Gasteiger partial charge >= 0.3 is 0 Å². The van der Waals surface area contributed by atoms with Gasteiger partial charge in [0.25, 0.3) is 0 Å². The van der Waals surface area contributed by atoms with E-state index in [0.717, 1.165) is 38.5 Å². The number of nitrogens with zero attached hydrogens (tertiary/aromatic N) is 1. The van der Waals surface area contributed by atoms with Gasteiger partial charge in [-0.25, -0.2) is 0 Å². The highest BCUT2D eigenvalue weighted by Gasteiger charge is 2.40. The number of rotatable bonds is 6. The topological polar surface area (TPSA) is 58.4 Å². The molecule has 0 heterocycles. The van der Waals surface area contributed by atoms with Crippen LogP contribution in [0.5, 0.6) is 0 Å². The summed E-state index contributed by atoms with van der Waals surface area (Å²) in [5, 5.41) is 3.18. The average Bonchev–Trinajstić information content (AvgIpc) is 3.27. The van der Waals surface area contributed by atoms with Gasteiger partial charge < -0.3 is 11.1 Å². The lowest BCUT2D eigenvalue weighted by molar-refractivity contribution is -0.127. The zero-order chi connectivity index (χ0) is 14.8. The SMILES string of the molecule is CCN(CCNC(=O)C1CC2CCCC(C1)C2N)C1CC1. The van der Waals surface area contributed by atoms with Crippen LogP contribution in [-0.4, -0.2) is 42.5 Å². The number of amides is 1. The first kappa shape index (κ1) is 15.3. The first-order valence-corrected chi connectivity index (χ1v) is 8.96. The smallest absolute Gasteiger partial charge is 0.223 e. The second-order valence-electron chi connectivity index (χ2n) is 7.35. The van der Waals surface area contributed by atoms with Crippen LogP contribution in [-0.2, 0) is 4.79 Å². The van der Waals surface area contributed by atoms with E-state index in [-0.39, 0.29) is 11.8 Å². The lowest BCUT2D eigenvalue weighted by Gasteiger charge is -2.43. The van der Waals surface area contributed by atoms with E-state index >= 15 is 0 Å². The zero-order valence-corrected chi connectivity index (χ0v) is 13.4. The molecule has 4 nitrogen and oxygen atoms in total. The maximum absolute atomic E-state index is 12.4. The number of likely N-dealkylation sites (N-methyl/N-ethyl adjacent to an activating group) is 1. The van der Waals surface area contributed by atoms with E-state index in [9.17, 15) is 4.79 Å². The summed E-state index contributed by atoms with van der Waals surface area (Å²) in [4.78, 5) is 14.9. The van der Waals surface area contributed by atoms with Gasteiger partial charge in [-0.05, 0) is 56.9 Å². The van der Waals surface area contributed by atoms with Gasteiger partial charge in [-0.1, -0.05) is 13.3 Å². The van der Waals surface area contributed by atoms with Gasteiger partial charge in [-0.2, -0.15) is 0 Å². The Hall–Kier alpha value is -0.610. The highest BCUT2D eigenvalue weighted by Crippen LogP contribution is 2.41. The Morgan fingerprint density at radius 2 is 1.86 bits per heavy atom. The molecule has 3 saturated carbocycles. The molecule has 120 valence electrons. The van der Waals surface area contributed by atoms with E-state index in [1.165, 1.54) is 32.1 Å². The van der Waals surface area contributed by atoms with Crippen molar-refractivity contribution in [1.82, 2.24) is 10.2 Å². The molecule has 1 amide bonds. The number of fused-ring (bicyclic) bond motifs is 2.